The number of benzene rings is 2. The van der Waals surface area contributed by atoms with Crippen molar-refractivity contribution < 1.29 is 23.9 Å². The zero-order chi connectivity index (χ0) is 21.0. The van der Waals surface area contributed by atoms with Crippen molar-refractivity contribution in [2.45, 2.75) is 6.42 Å². The van der Waals surface area contributed by atoms with E-state index in [-0.39, 0.29) is 40.8 Å². The van der Waals surface area contributed by atoms with Crippen LogP contribution in [-0.4, -0.2) is 38.7 Å². The Morgan fingerprint density at radius 2 is 1.97 bits per heavy atom. The van der Waals surface area contributed by atoms with Crippen LogP contribution >= 0.6 is 24.0 Å². The summed E-state index contributed by atoms with van der Waals surface area (Å²) in [4.78, 5) is 37.3. The number of rotatable bonds is 6. The van der Waals surface area contributed by atoms with Crippen molar-refractivity contribution in [1.29, 1.82) is 0 Å². The molecule has 2 amide bonds. The number of carbonyl (C=O) groups excluding carboxylic acids is 2. The Hall–Kier alpha value is -3.04. The fraction of sp³-hybridized carbons (Fsp3) is 0.100. The summed E-state index contributed by atoms with van der Waals surface area (Å²) < 4.78 is 14.1. The van der Waals surface area contributed by atoms with Crippen LogP contribution in [0, 0.1) is 5.82 Å². The van der Waals surface area contributed by atoms with Gasteiger partial charge in [0.15, 0.2) is 0 Å². The van der Waals surface area contributed by atoms with Crippen LogP contribution in [0.5, 0.6) is 0 Å². The van der Waals surface area contributed by atoms with Crippen molar-refractivity contribution >= 4 is 57.8 Å². The highest BCUT2D eigenvalue weighted by molar-refractivity contribution is 8.26. The lowest BCUT2D eigenvalue weighted by molar-refractivity contribution is -0.122. The SMILES string of the molecule is O=C(CCN1C(=O)/C(=C\c2ccccc2F)SC1=S)Nc1cccc(C(=O)O)c1. The summed E-state index contributed by atoms with van der Waals surface area (Å²) in [5, 5.41) is 11.6. The van der Waals surface area contributed by atoms with E-state index in [1.807, 2.05) is 0 Å². The zero-order valence-corrected chi connectivity index (χ0v) is 16.6. The van der Waals surface area contributed by atoms with Crippen LogP contribution in [0.2, 0.25) is 0 Å². The van der Waals surface area contributed by atoms with E-state index < -0.39 is 11.8 Å². The van der Waals surface area contributed by atoms with Gasteiger partial charge in [-0.05, 0) is 30.3 Å². The Kier molecular flexibility index (Phi) is 6.40. The molecule has 9 heteroatoms. The standard InChI is InChI=1S/C20H15FN2O4S2/c21-15-7-2-1-4-12(15)11-16-18(25)23(20(28)29-16)9-8-17(24)22-14-6-3-5-13(10-14)19(26)27/h1-7,10-11H,8-9H2,(H,22,24)(H,26,27)/b16-11+. The van der Waals surface area contributed by atoms with Gasteiger partial charge in [-0.25, -0.2) is 9.18 Å². The molecule has 0 spiro atoms. The molecule has 0 aliphatic carbocycles. The van der Waals surface area contributed by atoms with Gasteiger partial charge in [-0.15, -0.1) is 0 Å². The number of halogens is 1. The molecule has 2 aromatic rings. The predicted molar refractivity (Wildman–Crippen MR) is 113 cm³/mol. The molecule has 1 aliphatic heterocycles. The molecule has 0 saturated carbocycles. The van der Waals surface area contributed by atoms with E-state index in [9.17, 15) is 18.8 Å². The maximum Gasteiger partial charge on any atom is 0.335 e. The molecule has 1 heterocycles. The lowest BCUT2D eigenvalue weighted by atomic mass is 10.2. The number of nitrogens with zero attached hydrogens (tertiary/aromatic N) is 1. The van der Waals surface area contributed by atoms with Gasteiger partial charge in [0, 0.05) is 24.2 Å². The lowest BCUT2D eigenvalue weighted by Gasteiger charge is -2.14. The number of hydrogen-bond acceptors (Lipinski definition) is 5. The van der Waals surface area contributed by atoms with Crippen molar-refractivity contribution in [3.63, 3.8) is 0 Å². The summed E-state index contributed by atoms with van der Waals surface area (Å²) in [6.45, 7) is 0.0593. The van der Waals surface area contributed by atoms with Gasteiger partial charge in [-0.2, -0.15) is 0 Å². The summed E-state index contributed by atoms with van der Waals surface area (Å²) in [5.41, 5.74) is 0.682. The number of thiocarbonyl (C=S) groups is 1. The molecule has 0 bridgehead atoms. The monoisotopic (exact) mass is 430 g/mol. The Bertz CT molecular complexity index is 1040. The van der Waals surface area contributed by atoms with E-state index in [0.29, 0.717) is 10.0 Å². The van der Waals surface area contributed by atoms with E-state index in [2.05, 4.69) is 5.32 Å². The molecule has 1 fully saturated rings. The van der Waals surface area contributed by atoms with Crippen LogP contribution in [0.4, 0.5) is 10.1 Å². The number of aromatic carboxylic acids is 1. The number of amides is 2. The van der Waals surface area contributed by atoms with Crippen LogP contribution < -0.4 is 5.32 Å². The highest BCUT2D eigenvalue weighted by atomic mass is 32.2. The van der Waals surface area contributed by atoms with Crippen molar-refractivity contribution in [2.75, 3.05) is 11.9 Å². The summed E-state index contributed by atoms with van der Waals surface area (Å²) >= 11 is 6.26. The first kappa shape index (κ1) is 20.7. The number of thioether (sulfide) groups is 1. The van der Waals surface area contributed by atoms with Gasteiger partial charge < -0.3 is 10.4 Å². The molecule has 2 N–H and O–H groups in total. The van der Waals surface area contributed by atoms with Gasteiger partial charge in [0.1, 0.15) is 10.1 Å². The fourth-order valence-electron chi connectivity index (χ4n) is 2.59. The second kappa shape index (κ2) is 8.97. The largest absolute Gasteiger partial charge is 0.478 e. The minimum atomic E-state index is -1.10. The van der Waals surface area contributed by atoms with Crippen molar-refractivity contribution in [1.82, 2.24) is 4.90 Å². The van der Waals surface area contributed by atoms with E-state index in [1.165, 1.54) is 35.2 Å². The topological polar surface area (TPSA) is 86.7 Å². The van der Waals surface area contributed by atoms with E-state index in [4.69, 9.17) is 17.3 Å². The Morgan fingerprint density at radius 3 is 2.69 bits per heavy atom. The third-order valence-electron chi connectivity index (χ3n) is 4.02. The number of anilines is 1. The molecule has 2 aromatic carbocycles. The van der Waals surface area contributed by atoms with Crippen LogP contribution in [-0.2, 0) is 9.59 Å². The molecule has 0 unspecified atom stereocenters. The molecular weight excluding hydrogens is 415 g/mol. The molecule has 1 saturated heterocycles. The number of carbonyl (C=O) groups is 3. The average Bonchev–Trinajstić information content (AvgIpc) is 2.95. The van der Waals surface area contributed by atoms with Crippen LogP contribution in [0.1, 0.15) is 22.3 Å². The second-order valence-electron chi connectivity index (χ2n) is 6.04. The highest BCUT2D eigenvalue weighted by Crippen LogP contribution is 2.33. The molecule has 0 radical (unpaired) electrons. The fourth-order valence-corrected chi connectivity index (χ4v) is 3.89. The summed E-state index contributed by atoms with van der Waals surface area (Å²) in [6.07, 6.45) is 1.41. The van der Waals surface area contributed by atoms with Crippen LogP contribution in [0.15, 0.2) is 53.4 Å². The molecule has 0 atom stereocenters. The molecule has 3 rings (SSSR count). The first-order chi connectivity index (χ1) is 13.8. The molecule has 6 nitrogen and oxygen atoms in total. The molecular formula is C20H15FN2O4S2. The van der Waals surface area contributed by atoms with Crippen molar-refractivity contribution in [3.8, 4) is 0 Å². The van der Waals surface area contributed by atoms with Crippen LogP contribution in [0.3, 0.4) is 0 Å². The molecule has 1 aliphatic rings. The van der Waals surface area contributed by atoms with Gasteiger partial charge in [-0.3, -0.25) is 14.5 Å². The lowest BCUT2D eigenvalue weighted by Crippen LogP contribution is -2.31. The van der Waals surface area contributed by atoms with Gasteiger partial charge in [-0.1, -0.05) is 48.2 Å². The minimum Gasteiger partial charge on any atom is -0.478 e. The first-order valence-corrected chi connectivity index (χ1v) is 9.71. The third kappa shape index (κ3) is 5.07. The Balaban J connectivity index is 1.62. The third-order valence-corrected chi connectivity index (χ3v) is 5.40. The van der Waals surface area contributed by atoms with Crippen molar-refractivity contribution in [3.05, 3.63) is 70.4 Å². The smallest absolute Gasteiger partial charge is 0.335 e. The summed E-state index contributed by atoms with van der Waals surface area (Å²) in [7, 11) is 0. The summed E-state index contributed by atoms with van der Waals surface area (Å²) in [6, 6.07) is 11.9. The average molecular weight is 430 g/mol. The molecule has 29 heavy (non-hydrogen) atoms. The Labute approximate surface area is 175 Å². The normalized spacial score (nSPS) is 15.1. The van der Waals surface area contributed by atoms with Gasteiger partial charge >= 0.3 is 5.97 Å². The minimum absolute atomic E-state index is 0.0310. The number of carboxylic acid groups (broad SMARTS) is 1. The maximum atomic E-state index is 13.8. The van der Waals surface area contributed by atoms with Gasteiger partial charge in [0.2, 0.25) is 5.91 Å². The number of carboxylic acids is 1. The summed E-state index contributed by atoms with van der Waals surface area (Å²) in [5.74, 6) is -2.32. The van der Waals surface area contributed by atoms with E-state index >= 15 is 0 Å². The second-order valence-corrected chi connectivity index (χ2v) is 7.71. The first-order valence-electron chi connectivity index (χ1n) is 8.48. The Morgan fingerprint density at radius 1 is 1.21 bits per heavy atom. The maximum absolute atomic E-state index is 13.8. The number of hydrogen-bond donors (Lipinski definition) is 2. The number of nitrogens with one attached hydrogen (secondary N) is 1. The molecule has 0 aromatic heterocycles. The quantitative estimate of drug-likeness (QED) is 0.536. The zero-order valence-electron chi connectivity index (χ0n) is 14.9. The van der Waals surface area contributed by atoms with Gasteiger partial charge in [0.05, 0.1) is 10.5 Å². The highest BCUT2D eigenvalue weighted by Gasteiger charge is 2.32. The molecule has 148 valence electrons. The van der Waals surface area contributed by atoms with Gasteiger partial charge in [0.25, 0.3) is 5.91 Å². The van der Waals surface area contributed by atoms with Crippen molar-refractivity contribution in [2.24, 2.45) is 0 Å². The van der Waals surface area contributed by atoms with E-state index in [0.717, 1.165) is 11.8 Å². The predicted octanol–water partition coefficient (Wildman–Crippen LogP) is 3.75. The van der Waals surface area contributed by atoms with E-state index in [1.54, 1.807) is 24.3 Å². The van der Waals surface area contributed by atoms with Crippen LogP contribution in [0.25, 0.3) is 6.08 Å².